The molecule has 0 aliphatic carbocycles. The summed E-state index contributed by atoms with van der Waals surface area (Å²) < 4.78 is 0. The van der Waals surface area contributed by atoms with E-state index < -0.39 is 0 Å². The Labute approximate surface area is 180 Å². The fourth-order valence-corrected chi connectivity index (χ4v) is 4.11. The molecule has 2 aromatic carbocycles. The van der Waals surface area contributed by atoms with E-state index in [2.05, 4.69) is 55.7 Å². The van der Waals surface area contributed by atoms with Gasteiger partial charge < -0.3 is 10.4 Å². The largest absolute Gasteiger partial charge is 0.508 e. The number of hydrogen-bond acceptors (Lipinski definition) is 6. The number of benzene rings is 2. The molecule has 3 heterocycles. The monoisotopic (exact) mass is 410 g/mol. The van der Waals surface area contributed by atoms with Crippen molar-refractivity contribution in [2.45, 2.75) is 6.54 Å². The molecule has 0 amide bonds. The number of aromatic nitrogens is 3. The van der Waals surface area contributed by atoms with E-state index in [0.717, 1.165) is 54.8 Å². The Bertz CT molecular complexity index is 1250. The first kappa shape index (κ1) is 19.2. The van der Waals surface area contributed by atoms with Crippen LogP contribution in [0.25, 0.3) is 33.4 Å². The molecule has 1 saturated heterocycles. The van der Waals surface area contributed by atoms with E-state index >= 15 is 0 Å². The van der Waals surface area contributed by atoms with Crippen molar-refractivity contribution in [2.24, 2.45) is 0 Å². The Hall–Kier alpha value is -3.73. The Balaban J connectivity index is 1.58. The summed E-state index contributed by atoms with van der Waals surface area (Å²) in [6.45, 7) is 5.08. The van der Waals surface area contributed by atoms with Crippen LogP contribution in [0.5, 0.6) is 5.75 Å². The van der Waals surface area contributed by atoms with Crippen LogP contribution in [0.3, 0.4) is 0 Å². The summed E-state index contributed by atoms with van der Waals surface area (Å²) >= 11 is 0. The quantitative estimate of drug-likeness (QED) is 0.477. The van der Waals surface area contributed by atoms with Crippen LogP contribution in [0, 0.1) is 11.3 Å². The summed E-state index contributed by atoms with van der Waals surface area (Å²) in [7, 11) is 0. The number of nitrogens with zero attached hydrogens (tertiary/aromatic N) is 4. The van der Waals surface area contributed by atoms with Gasteiger partial charge in [0.1, 0.15) is 11.8 Å². The van der Waals surface area contributed by atoms with Crippen molar-refractivity contribution in [3.05, 3.63) is 65.9 Å². The lowest BCUT2D eigenvalue weighted by atomic mass is 9.93. The zero-order valence-electron chi connectivity index (χ0n) is 17.0. The van der Waals surface area contributed by atoms with E-state index in [9.17, 15) is 10.4 Å². The summed E-state index contributed by atoms with van der Waals surface area (Å²) in [5.74, 6) is 0.171. The van der Waals surface area contributed by atoms with Gasteiger partial charge in [0.05, 0.1) is 17.5 Å². The molecule has 7 nitrogen and oxygen atoms in total. The molecule has 0 saturated carbocycles. The van der Waals surface area contributed by atoms with Gasteiger partial charge in [0.2, 0.25) is 0 Å². The van der Waals surface area contributed by atoms with E-state index in [0.29, 0.717) is 16.9 Å². The molecule has 7 heteroatoms. The van der Waals surface area contributed by atoms with Gasteiger partial charge in [-0.2, -0.15) is 10.4 Å². The van der Waals surface area contributed by atoms with Gasteiger partial charge in [0.25, 0.3) is 0 Å². The third kappa shape index (κ3) is 3.75. The molecule has 0 atom stereocenters. The molecule has 0 radical (unpaired) electrons. The number of piperazine rings is 1. The summed E-state index contributed by atoms with van der Waals surface area (Å²) in [4.78, 5) is 7.09. The van der Waals surface area contributed by atoms with E-state index in [1.54, 1.807) is 30.5 Å². The molecule has 5 rings (SSSR count). The maximum atomic E-state index is 10.1. The van der Waals surface area contributed by atoms with Crippen LogP contribution in [-0.4, -0.2) is 51.4 Å². The third-order valence-electron chi connectivity index (χ3n) is 5.71. The first-order chi connectivity index (χ1) is 15.2. The van der Waals surface area contributed by atoms with E-state index in [4.69, 9.17) is 0 Å². The molecule has 31 heavy (non-hydrogen) atoms. The van der Waals surface area contributed by atoms with Gasteiger partial charge in [-0.05, 0) is 35.4 Å². The smallest absolute Gasteiger partial charge is 0.156 e. The standard InChI is InChI=1S/C24H22N6O/c25-13-20-22(17-3-1-16(2-4-17)15-30-11-9-26-10-12-30)21-14-27-29-24(21)28-23(20)18-5-7-19(31)8-6-18/h1-8,14,26,31H,9-12,15H2,(H,27,28,29). The minimum absolute atomic E-state index is 0.171. The van der Waals surface area contributed by atoms with E-state index in [1.807, 2.05) is 0 Å². The second-order valence-electron chi connectivity index (χ2n) is 7.72. The lowest BCUT2D eigenvalue weighted by Gasteiger charge is -2.27. The minimum Gasteiger partial charge on any atom is -0.508 e. The van der Waals surface area contributed by atoms with Gasteiger partial charge in [0.15, 0.2) is 5.65 Å². The van der Waals surface area contributed by atoms with Crippen molar-refractivity contribution < 1.29 is 5.11 Å². The highest BCUT2D eigenvalue weighted by molar-refractivity contribution is 5.99. The van der Waals surface area contributed by atoms with Gasteiger partial charge in [0, 0.05) is 49.2 Å². The molecule has 154 valence electrons. The summed E-state index contributed by atoms with van der Waals surface area (Å²) in [6, 6.07) is 17.5. The third-order valence-corrected chi connectivity index (χ3v) is 5.71. The number of pyridine rings is 1. The number of aromatic hydroxyl groups is 1. The molecule has 0 bridgehead atoms. The van der Waals surface area contributed by atoms with Crippen LogP contribution >= 0.6 is 0 Å². The van der Waals surface area contributed by atoms with E-state index in [1.165, 1.54) is 5.56 Å². The lowest BCUT2D eigenvalue weighted by molar-refractivity contribution is 0.233. The molecular formula is C24H22N6O. The zero-order valence-corrected chi connectivity index (χ0v) is 17.0. The first-order valence-corrected chi connectivity index (χ1v) is 10.3. The first-order valence-electron chi connectivity index (χ1n) is 10.3. The second-order valence-corrected chi connectivity index (χ2v) is 7.72. The summed E-state index contributed by atoms with van der Waals surface area (Å²) in [6.07, 6.45) is 1.72. The number of phenolic OH excluding ortho intramolecular Hbond substituents is 1. The Morgan fingerprint density at radius 3 is 2.42 bits per heavy atom. The van der Waals surface area contributed by atoms with Crippen molar-refractivity contribution in [2.75, 3.05) is 26.2 Å². The number of fused-ring (bicyclic) bond motifs is 1. The van der Waals surface area contributed by atoms with Gasteiger partial charge >= 0.3 is 0 Å². The number of nitriles is 1. The predicted molar refractivity (Wildman–Crippen MR) is 119 cm³/mol. The Kier molecular flexibility index (Phi) is 5.08. The van der Waals surface area contributed by atoms with Crippen LogP contribution < -0.4 is 5.32 Å². The molecule has 4 aromatic rings. The molecule has 2 aromatic heterocycles. The number of nitrogens with one attached hydrogen (secondary N) is 2. The highest BCUT2D eigenvalue weighted by atomic mass is 16.3. The van der Waals surface area contributed by atoms with Gasteiger partial charge in [-0.15, -0.1) is 0 Å². The van der Waals surface area contributed by atoms with Crippen LogP contribution in [0.15, 0.2) is 54.7 Å². The van der Waals surface area contributed by atoms with Crippen molar-refractivity contribution >= 4 is 11.0 Å². The predicted octanol–water partition coefficient (Wildman–Crippen LogP) is 3.27. The van der Waals surface area contributed by atoms with Crippen LogP contribution in [0.1, 0.15) is 11.1 Å². The topological polar surface area (TPSA) is 101 Å². The summed E-state index contributed by atoms with van der Waals surface area (Å²) in [5.41, 5.74) is 5.48. The maximum absolute atomic E-state index is 10.1. The number of phenols is 1. The van der Waals surface area contributed by atoms with Gasteiger partial charge in [-0.1, -0.05) is 24.3 Å². The highest BCUT2D eigenvalue weighted by Gasteiger charge is 2.19. The van der Waals surface area contributed by atoms with Crippen molar-refractivity contribution in [3.63, 3.8) is 0 Å². The number of H-pyrrole nitrogens is 1. The van der Waals surface area contributed by atoms with Crippen LogP contribution in [-0.2, 0) is 6.54 Å². The number of aromatic amines is 1. The van der Waals surface area contributed by atoms with Crippen LogP contribution in [0.2, 0.25) is 0 Å². The lowest BCUT2D eigenvalue weighted by Crippen LogP contribution is -2.42. The Morgan fingerprint density at radius 1 is 1.00 bits per heavy atom. The average Bonchev–Trinajstić information content (AvgIpc) is 3.28. The molecule has 0 spiro atoms. The molecule has 1 fully saturated rings. The molecule has 1 aliphatic rings. The molecule has 1 aliphatic heterocycles. The Morgan fingerprint density at radius 2 is 1.71 bits per heavy atom. The molecule has 3 N–H and O–H groups in total. The number of hydrogen-bond donors (Lipinski definition) is 3. The fourth-order valence-electron chi connectivity index (χ4n) is 4.11. The zero-order chi connectivity index (χ0) is 21.2. The van der Waals surface area contributed by atoms with Crippen LogP contribution in [0.4, 0.5) is 0 Å². The van der Waals surface area contributed by atoms with Gasteiger partial charge in [-0.3, -0.25) is 10.00 Å². The maximum Gasteiger partial charge on any atom is 0.156 e. The number of rotatable bonds is 4. The highest BCUT2D eigenvalue weighted by Crippen LogP contribution is 2.36. The van der Waals surface area contributed by atoms with Crippen molar-refractivity contribution in [3.8, 4) is 34.2 Å². The SMILES string of the molecule is N#Cc1c(-c2ccc(O)cc2)nc2[nH]ncc2c1-c1ccc(CN2CCNCC2)cc1. The van der Waals surface area contributed by atoms with Gasteiger partial charge in [-0.25, -0.2) is 4.98 Å². The normalized spacial score (nSPS) is 14.5. The molecule has 0 unspecified atom stereocenters. The fraction of sp³-hybridized carbons (Fsp3) is 0.208. The summed E-state index contributed by atoms with van der Waals surface area (Å²) in [5, 5.41) is 31.0. The van der Waals surface area contributed by atoms with E-state index in [-0.39, 0.29) is 5.75 Å². The molecular weight excluding hydrogens is 388 g/mol. The average molecular weight is 410 g/mol. The minimum atomic E-state index is 0.171. The second kappa shape index (κ2) is 8.19. The van der Waals surface area contributed by atoms with Crippen molar-refractivity contribution in [1.82, 2.24) is 25.4 Å². The van der Waals surface area contributed by atoms with Crippen molar-refractivity contribution in [1.29, 1.82) is 5.26 Å².